The third-order valence-corrected chi connectivity index (χ3v) is 4.03. The van der Waals surface area contributed by atoms with Crippen molar-refractivity contribution >= 4 is 27.5 Å². The fraction of sp³-hybridized carbons (Fsp3) is 0.0556. The second-order valence-electron chi connectivity index (χ2n) is 4.94. The molecule has 0 aliphatic rings. The number of nitrogens with one attached hydrogen (secondary N) is 1. The van der Waals surface area contributed by atoms with Crippen molar-refractivity contribution in [3.05, 3.63) is 76.5 Å². The van der Waals surface area contributed by atoms with Crippen LogP contribution in [0.3, 0.4) is 0 Å². The van der Waals surface area contributed by atoms with E-state index in [2.05, 4.69) is 21.2 Å². The van der Waals surface area contributed by atoms with Crippen LogP contribution in [-0.2, 0) is 6.61 Å². The molecule has 0 saturated carbocycles. The molecule has 0 atom stereocenters. The number of carbonyl (C=O) groups excluding carboxylic acids is 1. The van der Waals surface area contributed by atoms with Gasteiger partial charge < -0.3 is 14.8 Å². The number of anilines is 1. The van der Waals surface area contributed by atoms with E-state index in [4.69, 9.17) is 9.52 Å². The average molecular weight is 372 g/mol. The van der Waals surface area contributed by atoms with Gasteiger partial charge in [-0.3, -0.25) is 4.79 Å². The molecular formula is C18H14BrNO3. The van der Waals surface area contributed by atoms with Crippen molar-refractivity contribution in [1.29, 1.82) is 0 Å². The Morgan fingerprint density at radius 2 is 1.91 bits per heavy atom. The van der Waals surface area contributed by atoms with Gasteiger partial charge in [0.25, 0.3) is 5.91 Å². The summed E-state index contributed by atoms with van der Waals surface area (Å²) in [6, 6.07) is 18.1. The Hall–Kier alpha value is -2.37. The van der Waals surface area contributed by atoms with Crippen LogP contribution in [0.25, 0.3) is 11.3 Å². The molecule has 0 unspecified atom stereocenters. The number of hydrogen-bond acceptors (Lipinski definition) is 3. The normalized spacial score (nSPS) is 10.5. The minimum Gasteiger partial charge on any atom is -0.459 e. The lowest BCUT2D eigenvalue weighted by Crippen LogP contribution is -2.12. The molecule has 23 heavy (non-hydrogen) atoms. The third kappa shape index (κ3) is 3.52. The minimum absolute atomic E-state index is 0.140. The summed E-state index contributed by atoms with van der Waals surface area (Å²) < 4.78 is 6.26. The molecule has 2 N–H and O–H groups in total. The van der Waals surface area contributed by atoms with Crippen molar-refractivity contribution in [2.45, 2.75) is 6.61 Å². The zero-order chi connectivity index (χ0) is 16.2. The Labute approximate surface area is 141 Å². The Morgan fingerprint density at radius 3 is 2.65 bits per heavy atom. The van der Waals surface area contributed by atoms with E-state index >= 15 is 0 Å². The summed E-state index contributed by atoms with van der Waals surface area (Å²) in [4.78, 5) is 12.3. The zero-order valence-electron chi connectivity index (χ0n) is 12.1. The molecule has 1 heterocycles. The summed E-state index contributed by atoms with van der Waals surface area (Å²) in [5.74, 6) is 0.957. The highest BCUT2D eigenvalue weighted by Crippen LogP contribution is 2.25. The first kappa shape index (κ1) is 15.5. The van der Waals surface area contributed by atoms with Gasteiger partial charge in [0.2, 0.25) is 0 Å². The standard InChI is InChI=1S/C18H14BrNO3/c19-16-7-2-1-6-15(16)18(22)20-13-5-3-4-12(10-13)17-9-8-14(11-21)23-17/h1-10,21H,11H2,(H,20,22). The Morgan fingerprint density at radius 1 is 1.09 bits per heavy atom. The van der Waals surface area contributed by atoms with Gasteiger partial charge in [-0.15, -0.1) is 0 Å². The van der Waals surface area contributed by atoms with E-state index in [-0.39, 0.29) is 12.5 Å². The van der Waals surface area contributed by atoms with Crippen molar-refractivity contribution in [3.63, 3.8) is 0 Å². The number of benzene rings is 2. The van der Waals surface area contributed by atoms with Crippen molar-refractivity contribution in [2.75, 3.05) is 5.32 Å². The topological polar surface area (TPSA) is 62.5 Å². The summed E-state index contributed by atoms with van der Waals surface area (Å²) in [5.41, 5.74) is 2.07. The zero-order valence-corrected chi connectivity index (χ0v) is 13.7. The van der Waals surface area contributed by atoms with Crippen LogP contribution in [0.15, 0.2) is 69.6 Å². The highest BCUT2D eigenvalue weighted by molar-refractivity contribution is 9.10. The van der Waals surface area contributed by atoms with Gasteiger partial charge in [0, 0.05) is 15.7 Å². The van der Waals surface area contributed by atoms with Gasteiger partial charge in [0.15, 0.2) is 0 Å². The lowest BCUT2D eigenvalue weighted by atomic mass is 10.1. The van der Waals surface area contributed by atoms with Crippen LogP contribution in [0, 0.1) is 0 Å². The van der Waals surface area contributed by atoms with Crippen molar-refractivity contribution < 1.29 is 14.3 Å². The molecule has 0 bridgehead atoms. The summed E-state index contributed by atoms with van der Waals surface area (Å²) >= 11 is 3.37. The van der Waals surface area contributed by atoms with Crippen molar-refractivity contribution in [3.8, 4) is 11.3 Å². The number of hydrogen-bond donors (Lipinski definition) is 2. The Balaban J connectivity index is 1.83. The predicted octanol–water partition coefficient (Wildman–Crippen LogP) is 4.45. The quantitative estimate of drug-likeness (QED) is 0.711. The van der Waals surface area contributed by atoms with Crippen molar-refractivity contribution in [1.82, 2.24) is 0 Å². The molecule has 5 heteroatoms. The summed E-state index contributed by atoms with van der Waals surface area (Å²) in [7, 11) is 0. The number of amides is 1. The fourth-order valence-corrected chi connectivity index (χ4v) is 2.68. The summed E-state index contributed by atoms with van der Waals surface area (Å²) in [6.45, 7) is -0.140. The van der Waals surface area contributed by atoms with E-state index in [0.29, 0.717) is 22.8 Å². The lowest BCUT2D eigenvalue weighted by Gasteiger charge is -2.08. The van der Waals surface area contributed by atoms with Crippen LogP contribution in [0.1, 0.15) is 16.1 Å². The van der Waals surface area contributed by atoms with Crippen LogP contribution in [0.5, 0.6) is 0 Å². The maximum absolute atomic E-state index is 12.3. The van der Waals surface area contributed by atoms with Gasteiger partial charge in [0.1, 0.15) is 18.1 Å². The van der Waals surface area contributed by atoms with Gasteiger partial charge in [-0.1, -0.05) is 24.3 Å². The molecule has 4 nitrogen and oxygen atoms in total. The second-order valence-corrected chi connectivity index (χ2v) is 5.79. The Bertz CT molecular complexity index is 842. The number of rotatable bonds is 4. The molecule has 116 valence electrons. The smallest absolute Gasteiger partial charge is 0.256 e. The first-order valence-corrected chi connectivity index (χ1v) is 7.82. The maximum atomic E-state index is 12.3. The monoisotopic (exact) mass is 371 g/mol. The van der Waals surface area contributed by atoms with Crippen LogP contribution in [0.4, 0.5) is 5.69 Å². The van der Waals surface area contributed by atoms with E-state index in [9.17, 15) is 4.79 Å². The Kier molecular flexibility index (Phi) is 4.60. The number of halogens is 1. The molecule has 3 rings (SSSR count). The van der Waals surface area contributed by atoms with Gasteiger partial charge in [0.05, 0.1) is 5.56 Å². The first-order valence-electron chi connectivity index (χ1n) is 7.03. The number of aliphatic hydroxyl groups excluding tert-OH is 1. The largest absolute Gasteiger partial charge is 0.459 e. The molecule has 0 saturated heterocycles. The SMILES string of the molecule is O=C(Nc1cccc(-c2ccc(CO)o2)c1)c1ccccc1Br. The van der Waals surface area contributed by atoms with Crippen LogP contribution in [-0.4, -0.2) is 11.0 Å². The van der Waals surface area contributed by atoms with Gasteiger partial charge in [-0.05, 0) is 52.3 Å². The molecule has 0 fully saturated rings. The first-order chi connectivity index (χ1) is 11.2. The van der Waals surface area contributed by atoms with Gasteiger partial charge in [-0.2, -0.15) is 0 Å². The molecule has 0 aliphatic carbocycles. The van der Waals surface area contributed by atoms with E-state index < -0.39 is 0 Å². The number of carbonyl (C=O) groups is 1. The molecule has 3 aromatic rings. The second kappa shape index (κ2) is 6.81. The number of aliphatic hydroxyl groups is 1. The van der Waals surface area contributed by atoms with Gasteiger partial charge in [-0.25, -0.2) is 0 Å². The van der Waals surface area contributed by atoms with E-state index in [1.165, 1.54) is 0 Å². The molecule has 0 spiro atoms. The fourth-order valence-electron chi connectivity index (χ4n) is 2.21. The lowest BCUT2D eigenvalue weighted by molar-refractivity contribution is 0.102. The predicted molar refractivity (Wildman–Crippen MR) is 92.2 cm³/mol. The summed E-state index contributed by atoms with van der Waals surface area (Å²) in [5, 5.41) is 11.9. The summed E-state index contributed by atoms with van der Waals surface area (Å²) in [6.07, 6.45) is 0. The van der Waals surface area contributed by atoms with E-state index in [0.717, 1.165) is 10.0 Å². The van der Waals surface area contributed by atoms with E-state index in [1.807, 2.05) is 42.5 Å². The molecular weight excluding hydrogens is 358 g/mol. The average Bonchev–Trinajstić information content (AvgIpc) is 3.04. The van der Waals surface area contributed by atoms with Crippen LogP contribution < -0.4 is 5.32 Å². The maximum Gasteiger partial charge on any atom is 0.256 e. The highest BCUT2D eigenvalue weighted by atomic mass is 79.9. The van der Waals surface area contributed by atoms with Crippen LogP contribution >= 0.6 is 15.9 Å². The molecule has 0 radical (unpaired) electrons. The van der Waals surface area contributed by atoms with Crippen molar-refractivity contribution in [2.24, 2.45) is 0 Å². The molecule has 0 aliphatic heterocycles. The number of furan rings is 1. The van der Waals surface area contributed by atoms with Gasteiger partial charge >= 0.3 is 0 Å². The molecule has 1 aromatic heterocycles. The molecule has 2 aromatic carbocycles. The third-order valence-electron chi connectivity index (χ3n) is 3.34. The highest BCUT2D eigenvalue weighted by Gasteiger charge is 2.10. The van der Waals surface area contributed by atoms with E-state index in [1.54, 1.807) is 18.2 Å². The van der Waals surface area contributed by atoms with Crippen LogP contribution in [0.2, 0.25) is 0 Å². The molecule has 1 amide bonds. The minimum atomic E-state index is -0.190.